The maximum atomic E-state index is 12.1. The minimum Gasteiger partial charge on any atom is -0.378 e. The molecule has 1 atom stereocenters. The summed E-state index contributed by atoms with van der Waals surface area (Å²) in [5.41, 5.74) is 0. The van der Waals surface area contributed by atoms with Crippen LogP contribution in [0.25, 0.3) is 0 Å². The van der Waals surface area contributed by atoms with E-state index in [0.29, 0.717) is 25.8 Å². The van der Waals surface area contributed by atoms with E-state index in [1.54, 1.807) is 0 Å². The quantitative estimate of drug-likeness (QED) is 0.746. The molecule has 5 heteroatoms. The molecule has 0 aromatic carbocycles. The Morgan fingerprint density at radius 1 is 1.44 bits per heavy atom. The summed E-state index contributed by atoms with van der Waals surface area (Å²) in [6.07, 6.45) is 2.50. The van der Waals surface area contributed by atoms with Crippen molar-refractivity contribution in [2.75, 3.05) is 52.5 Å². The molecule has 0 aromatic heterocycles. The second-order valence-corrected chi connectivity index (χ2v) is 5.11. The number of rotatable bonds is 5. The van der Waals surface area contributed by atoms with Crippen molar-refractivity contribution in [3.63, 3.8) is 0 Å². The fourth-order valence-electron chi connectivity index (χ4n) is 2.63. The Kier molecular flexibility index (Phi) is 5.41. The number of nitrogens with one attached hydrogen (secondary N) is 1. The smallest absolute Gasteiger partial charge is 0.236 e. The predicted molar refractivity (Wildman–Crippen MR) is 70.5 cm³/mol. The van der Waals surface area contributed by atoms with E-state index in [1.165, 1.54) is 12.8 Å². The van der Waals surface area contributed by atoms with Crippen molar-refractivity contribution < 1.29 is 9.53 Å². The fraction of sp³-hybridized carbons (Fsp3) is 0.923. The Balaban J connectivity index is 1.75. The van der Waals surface area contributed by atoms with Gasteiger partial charge in [0.05, 0.1) is 19.8 Å². The van der Waals surface area contributed by atoms with Gasteiger partial charge < -0.3 is 15.0 Å². The number of likely N-dealkylation sites (N-methyl/N-ethyl adjacent to an activating group) is 1. The van der Waals surface area contributed by atoms with Gasteiger partial charge >= 0.3 is 0 Å². The number of hydrogen-bond acceptors (Lipinski definition) is 4. The van der Waals surface area contributed by atoms with Crippen LogP contribution in [0.4, 0.5) is 0 Å². The first-order chi connectivity index (χ1) is 8.79. The summed E-state index contributed by atoms with van der Waals surface area (Å²) in [6.45, 7) is 8.59. The summed E-state index contributed by atoms with van der Waals surface area (Å²) in [7, 11) is 0. The van der Waals surface area contributed by atoms with Gasteiger partial charge in [0.25, 0.3) is 0 Å². The van der Waals surface area contributed by atoms with E-state index >= 15 is 0 Å². The number of hydrogen-bond donors (Lipinski definition) is 1. The first kappa shape index (κ1) is 13.8. The first-order valence-corrected chi connectivity index (χ1v) is 7.11. The zero-order valence-corrected chi connectivity index (χ0v) is 11.4. The van der Waals surface area contributed by atoms with Crippen molar-refractivity contribution >= 4 is 5.91 Å². The average Bonchev–Trinajstić information content (AvgIpc) is 2.91. The predicted octanol–water partition coefficient (Wildman–Crippen LogP) is -0.0809. The van der Waals surface area contributed by atoms with Crippen molar-refractivity contribution in [2.24, 2.45) is 0 Å². The van der Waals surface area contributed by atoms with Gasteiger partial charge in [0.15, 0.2) is 0 Å². The molecule has 0 aromatic rings. The third kappa shape index (κ3) is 3.93. The van der Waals surface area contributed by atoms with Crippen LogP contribution < -0.4 is 5.32 Å². The number of carbonyl (C=O) groups excluding carboxylic acids is 1. The van der Waals surface area contributed by atoms with E-state index < -0.39 is 0 Å². The lowest BCUT2D eigenvalue weighted by Gasteiger charge is -2.30. The SMILES string of the molecule is CCN(CC(=O)N1CCOCC1)CC1CCCN1. The van der Waals surface area contributed by atoms with Crippen LogP contribution in [0, 0.1) is 0 Å². The Hall–Kier alpha value is -0.650. The van der Waals surface area contributed by atoms with Crippen molar-refractivity contribution in [3.05, 3.63) is 0 Å². The maximum Gasteiger partial charge on any atom is 0.236 e. The average molecular weight is 255 g/mol. The zero-order chi connectivity index (χ0) is 12.8. The van der Waals surface area contributed by atoms with Gasteiger partial charge in [-0.2, -0.15) is 0 Å². The highest BCUT2D eigenvalue weighted by molar-refractivity contribution is 5.78. The number of morpholine rings is 1. The summed E-state index contributed by atoms with van der Waals surface area (Å²) < 4.78 is 5.27. The Bertz CT molecular complexity index is 261. The van der Waals surface area contributed by atoms with Gasteiger partial charge in [-0.25, -0.2) is 0 Å². The molecule has 0 bridgehead atoms. The highest BCUT2D eigenvalue weighted by atomic mass is 16.5. The van der Waals surface area contributed by atoms with Crippen LogP contribution in [0.1, 0.15) is 19.8 Å². The minimum atomic E-state index is 0.248. The molecule has 1 unspecified atom stereocenters. The molecule has 0 aliphatic carbocycles. The summed E-state index contributed by atoms with van der Waals surface area (Å²) in [4.78, 5) is 16.3. The number of ether oxygens (including phenoxy) is 1. The number of amides is 1. The number of nitrogens with zero attached hydrogens (tertiary/aromatic N) is 2. The lowest BCUT2D eigenvalue weighted by Crippen LogP contribution is -2.47. The van der Waals surface area contributed by atoms with E-state index in [2.05, 4.69) is 17.1 Å². The van der Waals surface area contributed by atoms with Crippen molar-refractivity contribution in [2.45, 2.75) is 25.8 Å². The van der Waals surface area contributed by atoms with Crippen LogP contribution in [-0.4, -0.2) is 74.2 Å². The molecule has 104 valence electrons. The van der Waals surface area contributed by atoms with Crippen LogP contribution in [0.15, 0.2) is 0 Å². The normalized spacial score (nSPS) is 24.8. The Labute approximate surface area is 109 Å². The molecular weight excluding hydrogens is 230 g/mol. The second-order valence-electron chi connectivity index (χ2n) is 5.11. The first-order valence-electron chi connectivity index (χ1n) is 7.11. The molecule has 2 aliphatic rings. The molecule has 0 spiro atoms. The number of carbonyl (C=O) groups is 1. The Morgan fingerprint density at radius 2 is 2.22 bits per heavy atom. The van der Waals surface area contributed by atoms with E-state index in [4.69, 9.17) is 4.74 Å². The van der Waals surface area contributed by atoms with Crippen LogP contribution >= 0.6 is 0 Å². The summed E-state index contributed by atoms with van der Waals surface area (Å²) in [5.74, 6) is 0.248. The van der Waals surface area contributed by atoms with E-state index in [0.717, 1.165) is 32.7 Å². The molecule has 0 radical (unpaired) electrons. The lowest BCUT2D eigenvalue weighted by molar-refractivity contribution is -0.136. The van der Waals surface area contributed by atoms with Crippen molar-refractivity contribution in [3.8, 4) is 0 Å². The van der Waals surface area contributed by atoms with Gasteiger partial charge in [-0.15, -0.1) is 0 Å². The van der Waals surface area contributed by atoms with Gasteiger partial charge in [-0.1, -0.05) is 6.92 Å². The van der Waals surface area contributed by atoms with Crippen LogP contribution in [0.3, 0.4) is 0 Å². The maximum absolute atomic E-state index is 12.1. The highest BCUT2D eigenvalue weighted by Gasteiger charge is 2.22. The molecule has 2 saturated heterocycles. The lowest BCUT2D eigenvalue weighted by atomic mass is 10.2. The molecule has 2 heterocycles. The third-order valence-corrected chi connectivity index (χ3v) is 3.81. The monoisotopic (exact) mass is 255 g/mol. The van der Waals surface area contributed by atoms with Gasteiger partial charge in [0, 0.05) is 25.7 Å². The standard InChI is InChI=1S/C13H25N3O2/c1-2-15(10-12-4-3-5-14-12)11-13(17)16-6-8-18-9-7-16/h12,14H,2-11H2,1H3. The molecule has 2 fully saturated rings. The molecule has 1 amide bonds. The molecule has 5 nitrogen and oxygen atoms in total. The van der Waals surface area contributed by atoms with Crippen molar-refractivity contribution in [1.82, 2.24) is 15.1 Å². The molecule has 2 aliphatic heterocycles. The molecule has 18 heavy (non-hydrogen) atoms. The van der Waals surface area contributed by atoms with Crippen molar-refractivity contribution in [1.29, 1.82) is 0 Å². The fourth-order valence-corrected chi connectivity index (χ4v) is 2.63. The highest BCUT2D eigenvalue weighted by Crippen LogP contribution is 2.07. The van der Waals surface area contributed by atoms with Gasteiger partial charge in [0.2, 0.25) is 5.91 Å². The second kappa shape index (κ2) is 7.07. The largest absolute Gasteiger partial charge is 0.378 e. The van der Waals surface area contributed by atoms with Crippen LogP contribution in [0.2, 0.25) is 0 Å². The molecular formula is C13H25N3O2. The van der Waals surface area contributed by atoms with E-state index in [9.17, 15) is 4.79 Å². The van der Waals surface area contributed by atoms with Gasteiger partial charge in [-0.3, -0.25) is 9.69 Å². The van der Waals surface area contributed by atoms with Gasteiger partial charge in [0.1, 0.15) is 0 Å². The van der Waals surface area contributed by atoms with Crippen LogP contribution in [0.5, 0.6) is 0 Å². The Morgan fingerprint density at radius 3 is 2.83 bits per heavy atom. The summed E-state index contributed by atoms with van der Waals surface area (Å²) in [5, 5.41) is 3.49. The van der Waals surface area contributed by atoms with Crippen LogP contribution in [-0.2, 0) is 9.53 Å². The molecule has 2 rings (SSSR count). The topological polar surface area (TPSA) is 44.8 Å². The molecule has 1 N–H and O–H groups in total. The minimum absolute atomic E-state index is 0.248. The van der Waals surface area contributed by atoms with Gasteiger partial charge in [-0.05, 0) is 25.9 Å². The zero-order valence-electron chi connectivity index (χ0n) is 11.4. The van der Waals surface area contributed by atoms with E-state index in [-0.39, 0.29) is 5.91 Å². The molecule has 0 saturated carbocycles. The summed E-state index contributed by atoms with van der Waals surface area (Å²) >= 11 is 0. The summed E-state index contributed by atoms with van der Waals surface area (Å²) in [6, 6.07) is 0.572. The van der Waals surface area contributed by atoms with E-state index in [1.807, 2.05) is 4.90 Å². The third-order valence-electron chi connectivity index (χ3n) is 3.81.